The maximum Gasteiger partial charge on any atom is 0.240 e. The normalized spacial score (nSPS) is 13.7. The molecule has 0 spiro atoms. The molecule has 4 rings (SSSR count). The average Bonchev–Trinajstić information content (AvgIpc) is 3.20. The van der Waals surface area contributed by atoms with Crippen LogP contribution in [-0.2, 0) is 4.79 Å². The van der Waals surface area contributed by atoms with Crippen LogP contribution in [0.1, 0.15) is 22.6 Å². The van der Waals surface area contributed by atoms with E-state index < -0.39 is 0 Å². The van der Waals surface area contributed by atoms with E-state index in [-0.39, 0.29) is 11.8 Å². The lowest BCUT2D eigenvalue weighted by Gasteiger charge is -2.25. The molecule has 134 valence electrons. The zero-order valence-electron chi connectivity index (χ0n) is 14.8. The van der Waals surface area contributed by atoms with Gasteiger partial charge >= 0.3 is 0 Å². The number of amides is 1. The van der Waals surface area contributed by atoms with Crippen LogP contribution in [0.25, 0.3) is 0 Å². The summed E-state index contributed by atoms with van der Waals surface area (Å²) in [5, 5.41) is 0.636. The molecule has 0 saturated heterocycles. The van der Waals surface area contributed by atoms with Crippen molar-refractivity contribution in [2.75, 3.05) is 13.1 Å². The molecule has 1 heterocycles. The summed E-state index contributed by atoms with van der Waals surface area (Å²) in [5.74, 6) is 0.359. The lowest BCUT2D eigenvalue weighted by atomic mass is 9.90. The van der Waals surface area contributed by atoms with Gasteiger partial charge in [-0.25, -0.2) is 0 Å². The summed E-state index contributed by atoms with van der Waals surface area (Å²) >= 11 is 6.15. The molecule has 1 aliphatic rings. The Hall–Kier alpha value is -2.91. The highest BCUT2D eigenvalue weighted by Gasteiger charge is 2.32. The second-order valence-corrected chi connectivity index (χ2v) is 6.90. The van der Waals surface area contributed by atoms with E-state index in [0.717, 1.165) is 16.7 Å². The maximum atomic E-state index is 13.6. The molecule has 0 fully saturated rings. The third kappa shape index (κ3) is 3.64. The minimum Gasteiger partial charge on any atom is -0.294 e. The molecule has 0 unspecified atom stereocenters. The van der Waals surface area contributed by atoms with E-state index in [0.29, 0.717) is 23.9 Å². The van der Waals surface area contributed by atoms with Gasteiger partial charge in [-0.2, -0.15) is 0 Å². The van der Waals surface area contributed by atoms with Gasteiger partial charge in [0.2, 0.25) is 5.91 Å². The number of aliphatic imine (C=N–C) groups is 1. The number of benzene rings is 3. The Balaban J connectivity index is 1.73. The zero-order valence-corrected chi connectivity index (χ0v) is 15.5. The van der Waals surface area contributed by atoms with E-state index in [4.69, 9.17) is 11.6 Å². The molecule has 0 N–H and O–H groups in total. The van der Waals surface area contributed by atoms with Crippen molar-refractivity contribution < 1.29 is 4.79 Å². The van der Waals surface area contributed by atoms with E-state index in [1.165, 1.54) is 0 Å². The van der Waals surface area contributed by atoms with E-state index in [2.05, 4.69) is 4.99 Å². The highest BCUT2D eigenvalue weighted by atomic mass is 35.5. The fourth-order valence-electron chi connectivity index (χ4n) is 3.46. The third-order valence-corrected chi connectivity index (χ3v) is 4.94. The van der Waals surface area contributed by atoms with Crippen LogP contribution in [0.4, 0.5) is 0 Å². The van der Waals surface area contributed by atoms with Crippen LogP contribution in [-0.4, -0.2) is 29.7 Å². The highest BCUT2D eigenvalue weighted by Crippen LogP contribution is 2.29. The number of amidine groups is 1. The fourth-order valence-corrected chi connectivity index (χ4v) is 3.65. The van der Waals surface area contributed by atoms with Gasteiger partial charge in [0.15, 0.2) is 0 Å². The first kappa shape index (κ1) is 17.5. The molecule has 0 saturated carbocycles. The Labute approximate surface area is 163 Å². The Morgan fingerprint density at radius 3 is 2.11 bits per heavy atom. The molecule has 0 aromatic heterocycles. The number of hydrogen-bond acceptors (Lipinski definition) is 2. The second-order valence-electron chi connectivity index (χ2n) is 6.46. The van der Waals surface area contributed by atoms with Crippen LogP contribution in [0.15, 0.2) is 89.9 Å². The van der Waals surface area contributed by atoms with Gasteiger partial charge in [0.05, 0.1) is 12.5 Å². The van der Waals surface area contributed by atoms with E-state index in [1.54, 1.807) is 4.90 Å². The molecule has 4 heteroatoms. The number of halogens is 1. The van der Waals surface area contributed by atoms with E-state index >= 15 is 0 Å². The monoisotopic (exact) mass is 374 g/mol. The van der Waals surface area contributed by atoms with Gasteiger partial charge in [-0.1, -0.05) is 84.4 Å². The standard InChI is InChI=1S/C23H19ClN2O/c24-20-13-7-12-19(16-20)22-25-14-15-26(22)23(27)21(17-8-3-1-4-9-17)18-10-5-2-6-11-18/h1-13,16,21H,14-15H2. The predicted octanol–water partition coefficient (Wildman–Crippen LogP) is 4.76. The molecule has 0 aliphatic carbocycles. The number of hydrogen-bond donors (Lipinski definition) is 0. The van der Waals surface area contributed by atoms with Gasteiger partial charge in [0.1, 0.15) is 5.84 Å². The summed E-state index contributed by atoms with van der Waals surface area (Å²) in [4.78, 5) is 20.0. The molecule has 3 nitrogen and oxygen atoms in total. The molecular weight excluding hydrogens is 356 g/mol. The first-order chi connectivity index (χ1) is 13.2. The van der Waals surface area contributed by atoms with Crippen LogP contribution in [0.2, 0.25) is 5.02 Å². The van der Waals surface area contributed by atoms with Crippen molar-refractivity contribution in [2.24, 2.45) is 4.99 Å². The van der Waals surface area contributed by atoms with Crippen LogP contribution in [0, 0.1) is 0 Å². The highest BCUT2D eigenvalue weighted by molar-refractivity contribution is 6.31. The summed E-state index contributed by atoms with van der Waals surface area (Å²) in [6, 6.07) is 27.3. The van der Waals surface area contributed by atoms with Gasteiger partial charge in [-0.05, 0) is 23.3 Å². The van der Waals surface area contributed by atoms with E-state index in [9.17, 15) is 4.79 Å². The number of nitrogens with zero attached hydrogens (tertiary/aromatic N) is 2. The number of carbonyl (C=O) groups is 1. The Morgan fingerprint density at radius 1 is 0.889 bits per heavy atom. The lowest BCUT2D eigenvalue weighted by Crippen LogP contribution is -2.38. The molecule has 1 aliphatic heterocycles. The summed E-state index contributed by atoms with van der Waals surface area (Å²) in [7, 11) is 0. The summed E-state index contributed by atoms with van der Waals surface area (Å²) < 4.78 is 0. The van der Waals surface area contributed by atoms with Crippen LogP contribution < -0.4 is 0 Å². The van der Waals surface area contributed by atoms with Crippen molar-refractivity contribution in [3.63, 3.8) is 0 Å². The largest absolute Gasteiger partial charge is 0.294 e. The van der Waals surface area contributed by atoms with Gasteiger partial charge in [-0.15, -0.1) is 0 Å². The average molecular weight is 375 g/mol. The fraction of sp³-hybridized carbons (Fsp3) is 0.130. The Bertz CT molecular complexity index is 930. The van der Waals surface area contributed by atoms with Crippen LogP contribution in [0.3, 0.4) is 0 Å². The Kier molecular flexibility index (Phi) is 5.03. The molecule has 27 heavy (non-hydrogen) atoms. The molecule has 3 aromatic carbocycles. The van der Waals surface area contributed by atoms with E-state index in [1.807, 2.05) is 84.9 Å². The van der Waals surface area contributed by atoms with Crippen molar-refractivity contribution in [2.45, 2.75) is 5.92 Å². The van der Waals surface area contributed by atoms with Crippen molar-refractivity contribution in [3.05, 3.63) is 107 Å². The van der Waals surface area contributed by atoms with Gasteiger partial charge in [0, 0.05) is 17.1 Å². The predicted molar refractivity (Wildman–Crippen MR) is 109 cm³/mol. The molecule has 1 amide bonds. The minimum atomic E-state index is -0.366. The van der Waals surface area contributed by atoms with Crippen molar-refractivity contribution in [1.82, 2.24) is 4.90 Å². The SMILES string of the molecule is O=C(C(c1ccccc1)c1ccccc1)N1CCN=C1c1cccc(Cl)c1. The minimum absolute atomic E-state index is 0.0311. The number of rotatable bonds is 4. The molecular formula is C23H19ClN2O. The summed E-state index contributed by atoms with van der Waals surface area (Å²) in [5.41, 5.74) is 2.82. The van der Waals surface area contributed by atoms with Crippen molar-refractivity contribution >= 4 is 23.3 Å². The molecule has 0 bridgehead atoms. The summed E-state index contributed by atoms with van der Waals surface area (Å²) in [6.45, 7) is 1.18. The van der Waals surface area contributed by atoms with Gasteiger partial charge in [0.25, 0.3) is 0 Å². The summed E-state index contributed by atoms with van der Waals surface area (Å²) in [6.07, 6.45) is 0. The first-order valence-corrected chi connectivity index (χ1v) is 9.33. The third-order valence-electron chi connectivity index (χ3n) is 4.70. The molecule has 3 aromatic rings. The first-order valence-electron chi connectivity index (χ1n) is 8.96. The van der Waals surface area contributed by atoms with Crippen molar-refractivity contribution in [1.29, 1.82) is 0 Å². The van der Waals surface area contributed by atoms with Gasteiger partial charge < -0.3 is 0 Å². The maximum absolute atomic E-state index is 13.6. The molecule has 0 atom stereocenters. The van der Waals surface area contributed by atoms with Crippen LogP contribution >= 0.6 is 11.6 Å². The zero-order chi connectivity index (χ0) is 18.6. The number of carbonyl (C=O) groups excluding carboxylic acids is 1. The molecule has 0 radical (unpaired) electrons. The van der Waals surface area contributed by atoms with Crippen LogP contribution in [0.5, 0.6) is 0 Å². The smallest absolute Gasteiger partial charge is 0.240 e. The second kappa shape index (κ2) is 7.77. The van der Waals surface area contributed by atoms with Gasteiger partial charge in [-0.3, -0.25) is 14.7 Å². The Morgan fingerprint density at radius 2 is 1.52 bits per heavy atom. The lowest BCUT2D eigenvalue weighted by molar-refractivity contribution is -0.127. The topological polar surface area (TPSA) is 32.7 Å². The quantitative estimate of drug-likeness (QED) is 0.648. The van der Waals surface area contributed by atoms with Crippen molar-refractivity contribution in [3.8, 4) is 0 Å².